The van der Waals surface area contributed by atoms with Gasteiger partial charge in [-0.05, 0) is 11.8 Å². The maximum absolute atomic E-state index is 9.14. The summed E-state index contributed by atoms with van der Waals surface area (Å²) in [5.41, 5.74) is 0. The van der Waals surface area contributed by atoms with Crippen LogP contribution in [0.2, 0.25) is 0 Å². The Hall–Kier alpha value is -0.640. The second-order valence-corrected chi connectivity index (χ2v) is 3.32. The highest BCUT2D eigenvalue weighted by Crippen LogP contribution is 2.30. The Bertz CT molecular complexity index is 244. The van der Waals surface area contributed by atoms with Gasteiger partial charge in [-0.15, -0.1) is 0 Å². The van der Waals surface area contributed by atoms with E-state index < -0.39 is 0 Å². The topological polar surface area (TPSA) is 37.3 Å². The van der Waals surface area contributed by atoms with E-state index in [1.165, 1.54) is 0 Å². The van der Waals surface area contributed by atoms with Gasteiger partial charge in [-0.3, -0.25) is 0 Å². The summed E-state index contributed by atoms with van der Waals surface area (Å²) in [5, 5.41) is 10.0. The average molecular weight is 158 g/mol. The first-order chi connectivity index (χ1) is 4.79. The van der Waals surface area contributed by atoms with Crippen LogP contribution in [0.4, 0.5) is 0 Å². The smallest absolute Gasteiger partial charge is 0.369 e. The van der Waals surface area contributed by atoms with Crippen molar-refractivity contribution >= 4 is 11.8 Å². The molecule has 4 heteroatoms. The number of hydrogen-bond donors (Lipinski definition) is 1. The monoisotopic (exact) mass is 158 g/mol. The van der Waals surface area contributed by atoms with E-state index in [4.69, 9.17) is 9.52 Å². The number of rotatable bonds is 0. The zero-order chi connectivity index (χ0) is 7.14. The highest BCUT2D eigenvalue weighted by Gasteiger charge is 2.31. The number of aromatic hydroxyl groups is 1. The lowest BCUT2D eigenvalue weighted by atomic mass is 10.6. The molecular formula is C6H8NO2S+. The summed E-state index contributed by atoms with van der Waals surface area (Å²) in [6.45, 7) is 2.81. The third kappa shape index (κ3) is 0.653. The molecule has 0 unspecified atom stereocenters. The minimum absolute atomic E-state index is 0.0694. The molecule has 0 aliphatic carbocycles. The summed E-state index contributed by atoms with van der Waals surface area (Å²) in [7, 11) is 0. The quantitative estimate of drug-likeness (QED) is 0.564. The van der Waals surface area contributed by atoms with Crippen LogP contribution in [0.25, 0.3) is 0 Å². The van der Waals surface area contributed by atoms with Gasteiger partial charge in [0.25, 0.3) is 0 Å². The average Bonchev–Trinajstić information content (AvgIpc) is 2.39. The molecule has 1 aliphatic rings. The second-order valence-electron chi connectivity index (χ2n) is 2.23. The van der Waals surface area contributed by atoms with Crippen LogP contribution in [-0.2, 0) is 6.54 Å². The molecule has 1 aliphatic heterocycles. The normalized spacial score (nSPS) is 15.7. The SMILES string of the molecule is Cc1oc(O)c2[n+]1CCS2. The first kappa shape index (κ1) is 6.09. The summed E-state index contributed by atoms with van der Waals surface area (Å²) < 4.78 is 6.97. The highest BCUT2D eigenvalue weighted by molar-refractivity contribution is 7.99. The third-order valence-corrected chi connectivity index (χ3v) is 2.66. The van der Waals surface area contributed by atoms with Crippen molar-refractivity contribution in [3.8, 4) is 5.95 Å². The largest absolute Gasteiger partial charge is 0.475 e. The molecule has 2 heterocycles. The van der Waals surface area contributed by atoms with Crippen molar-refractivity contribution in [2.75, 3.05) is 5.75 Å². The first-order valence-electron chi connectivity index (χ1n) is 3.14. The van der Waals surface area contributed by atoms with Crippen molar-refractivity contribution in [2.45, 2.75) is 18.5 Å². The van der Waals surface area contributed by atoms with E-state index in [-0.39, 0.29) is 5.95 Å². The molecular weight excluding hydrogens is 150 g/mol. The highest BCUT2D eigenvalue weighted by atomic mass is 32.2. The zero-order valence-electron chi connectivity index (χ0n) is 5.63. The molecule has 0 bridgehead atoms. The first-order valence-corrected chi connectivity index (χ1v) is 4.12. The van der Waals surface area contributed by atoms with Crippen LogP contribution in [0.5, 0.6) is 5.95 Å². The number of hydrogen-bond acceptors (Lipinski definition) is 3. The van der Waals surface area contributed by atoms with Crippen LogP contribution in [0.3, 0.4) is 0 Å². The van der Waals surface area contributed by atoms with E-state index >= 15 is 0 Å². The van der Waals surface area contributed by atoms with E-state index in [1.54, 1.807) is 11.8 Å². The number of aromatic nitrogens is 1. The second kappa shape index (κ2) is 1.92. The van der Waals surface area contributed by atoms with Crippen LogP contribution >= 0.6 is 11.8 Å². The predicted octanol–water partition coefficient (Wildman–Crippen LogP) is 0.687. The van der Waals surface area contributed by atoms with Gasteiger partial charge in [0.1, 0.15) is 0 Å². The Labute approximate surface area is 62.7 Å². The summed E-state index contributed by atoms with van der Waals surface area (Å²) in [5.74, 6) is 1.90. The standard InChI is InChI=1S/C6H7NO2S/c1-4-7-2-3-10-5(7)6(8)9-4/h2-3H2,1H3/p+1. The van der Waals surface area contributed by atoms with Crippen molar-refractivity contribution < 1.29 is 14.1 Å². The third-order valence-electron chi connectivity index (χ3n) is 1.61. The molecule has 0 saturated carbocycles. The van der Waals surface area contributed by atoms with E-state index in [9.17, 15) is 0 Å². The van der Waals surface area contributed by atoms with Gasteiger partial charge in [-0.2, -0.15) is 4.57 Å². The van der Waals surface area contributed by atoms with Gasteiger partial charge in [0.15, 0.2) is 6.54 Å². The summed E-state index contributed by atoms with van der Waals surface area (Å²) in [6.07, 6.45) is 0. The van der Waals surface area contributed by atoms with Crippen LogP contribution in [0.1, 0.15) is 5.89 Å². The Kier molecular flexibility index (Phi) is 1.17. The Morgan fingerprint density at radius 3 is 3.20 bits per heavy atom. The molecule has 1 N–H and O–H groups in total. The van der Waals surface area contributed by atoms with Gasteiger partial charge in [-0.25, -0.2) is 0 Å². The summed E-state index contributed by atoms with van der Waals surface area (Å²) in [4.78, 5) is 0. The molecule has 0 atom stereocenters. The molecule has 1 aromatic heterocycles. The van der Waals surface area contributed by atoms with E-state index in [1.807, 2.05) is 11.5 Å². The van der Waals surface area contributed by atoms with Crippen LogP contribution in [-0.4, -0.2) is 10.9 Å². The Morgan fingerprint density at radius 1 is 1.70 bits per heavy atom. The fraction of sp³-hybridized carbons (Fsp3) is 0.500. The summed E-state index contributed by atoms with van der Waals surface area (Å²) in [6, 6.07) is 0. The molecule has 0 spiro atoms. The number of fused-ring (bicyclic) bond motifs is 1. The molecule has 10 heavy (non-hydrogen) atoms. The minimum Gasteiger partial charge on any atom is -0.475 e. The molecule has 3 nitrogen and oxygen atoms in total. The lowest BCUT2D eigenvalue weighted by Crippen LogP contribution is -2.33. The molecule has 0 radical (unpaired) electrons. The van der Waals surface area contributed by atoms with E-state index in [0.29, 0.717) is 0 Å². The van der Waals surface area contributed by atoms with Crippen LogP contribution in [0.15, 0.2) is 9.44 Å². The molecule has 54 valence electrons. The Morgan fingerprint density at radius 2 is 2.50 bits per heavy atom. The summed E-state index contributed by atoms with van der Waals surface area (Å²) >= 11 is 1.63. The van der Waals surface area contributed by atoms with Gasteiger partial charge in [0.2, 0.25) is 0 Å². The van der Waals surface area contributed by atoms with Gasteiger partial charge in [0, 0.05) is 0 Å². The zero-order valence-corrected chi connectivity index (χ0v) is 6.44. The minimum atomic E-state index is 0.0694. The van der Waals surface area contributed by atoms with Gasteiger partial charge in [0.05, 0.1) is 12.7 Å². The van der Waals surface area contributed by atoms with E-state index in [2.05, 4.69) is 0 Å². The molecule has 2 rings (SSSR count). The number of nitrogens with zero attached hydrogens (tertiary/aromatic N) is 1. The molecule has 0 aromatic carbocycles. The maximum atomic E-state index is 9.14. The maximum Gasteiger partial charge on any atom is 0.369 e. The van der Waals surface area contributed by atoms with Crippen molar-refractivity contribution in [1.29, 1.82) is 0 Å². The number of aryl methyl sites for hydroxylation is 1. The van der Waals surface area contributed by atoms with Crippen LogP contribution in [0, 0.1) is 6.92 Å². The fourth-order valence-electron chi connectivity index (χ4n) is 1.13. The lowest BCUT2D eigenvalue weighted by Gasteiger charge is -1.78. The Balaban J connectivity index is 2.61. The van der Waals surface area contributed by atoms with Gasteiger partial charge >= 0.3 is 16.9 Å². The number of oxazole rings is 1. The van der Waals surface area contributed by atoms with Gasteiger partial charge in [-0.1, -0.05) is 0 Å². The van der Waals surface area contributed by atoms with E-state index in [0.717, 1.165) is 23.2 Å². The molecule has 1 aromatic rings. The fourth-order valence-corrected chi connectivity index (χ4v) is 2.14. The number of thioether (sulfide) groups is 1. The van der Waals surface area contributed by atoms with Crippen molar-refractivity contribution in [2.24, 2.45) is 0 Å². The molecule has 0 fully saturated rings. The predicted molar refractivity (Wildman–Crippen MR) is 36.0 cm³/mol. The van der Waals surface area contributed by atoms with Crippen molar-refractivity contribution in [3.05, 3.63) is 5.89 Å². The van der Waals surface area contributed by atoms with Crippen molar-refractivity contribution in [1.82, 2.24) is 0 Å². The van der Waals surface area contributed by atoms with Gasteiger partial charge < -0.3 is 9.52 Å². The van der Waals surface area contributed by atoms with Crippen molar-refractivity contribution in [3.63, 3.8) is 0 Å². The van der Waals surface area contributed by atoms with Crippen LogP contribution < -0.4 is 4.57 Å². The lowest BCUT2D eigenvalue weighted by molar-refractivity contribution is -0.730. The molecule has 0 saturated heterocycles. The molecule has 0 amide bonds.